The number of hydrogen-bond acceptors (Lipinski definition) is 4. The number of anilines is 1. The van der Waals surface area contributed by atoms with Crippen LogP contribution in [0.25, 0.3) is 0 Å². The number of primary amides is 1. The number of amides is 2. The van der Waals surface area contributed by atoms with Gasteiger partial charge in [0, 0.05) is 31.9 Å². The molecule has 2 saturated heterocycles. The molecule has 36 heavy (non-hydrogen) atoms. The summed E-state index contributed by atoms with van der Waals surface area (Å²) >= 11 is 0. The highest BCUT2D eigenvalue weighted by Gasteiger charge is 2.43. The maximum absolute atomic E-state index is 13.5. The van der Waals surface area contributed by atoms with Gasteiger partial charge in [0.2, 0.25) is 11.8 Å². The Balaban J connectivity index is 1.43. The van der Waals surface area contributed by atoms with E-state index in [2.05, 4.69) is 0 Å². The minimum Gasteiger partial charge on any atom is -0.370 e. The van der Waals surface area contributed by atoms with E-state index in [-0.39, 0.29) is 24.3 Å². The summed E-state index contributed by atoms with van der Waals surface area (Å²) in [5.74, 6) is -0.868. The lowest BCUT2D eigenvalue weighted by atomic mass is 9.78. The molecule has 2 aliphatic heterocycles. The summed E-state index contributed by atoms with van der Waals surface area (Å²) in [7, 11) is 0. The van der Waals surface area contributed by atoms with Crippen LogP contribution in [0, 0.1) is 36.0 Å². The van der Waals surface area contributed by atoms with Gasteiger partial charge >= 0.3 is 6.18 Å². The van der Waals surface area contributed by atoms with E-state index in [4.69, 9.17) is 11.0 Å². The van der Waals surface area contributed by atoms with Gasteiger partial charge in [-0.1, -0.05) is 29.8 Å². The highest BCUT2D eigenvalue weighted by molar-refractivity contribution is 5.79. The molecular weight excluding hydrogens is 469 g/mol. The molecule has 4 rings (SSSR count). The second-order valence-corrected chi connectivity index (χ2v) is 9.80. The Labute approximate surface area is 208 Å². The number of piperidine rings is 1. The Kier molecular flexibility index (Phi) is 7.25. The second-order valence-electron chi connectivity index (χ2n) is 9.80. The average Bonchev–Trinajstić information content (AvgIpc) is 3.29. The van der Waals surface area contributed by atoms with Crippen LogP contribution in [0.1, 0.15) is 35.1 Å². The largest absolute Gasteiger partial charge is 0.417 e. The predicted octanol–water partition coefficient (Wildman–Crippen LogP) is 3.90. The van der Waals surface area contributed by atoms with Crippen molar-refractivity contribution in [2.45, 2.75) is 32.4 Å². The molecule has 9 heteroatoms. The monoisotopic (exact) mass is 498 g/mol. The molecule has 0 spiro atoms. The molecule has 0 radical (unpaired) electrons. The molecule has 0 bridgehead atoms. The van der Waals surface area contributed by atoms with E-state index >= 15 is 0 Å². The third-order valence-corrected chi connectivity index (χ3v) is 7.46. The minimum atomic E-state index is -4.65. The van der Waals surface area contributed by atoms with Crippen LogP contribution < -0.4 is 10.6 Å². The summed E-state index contributed by atoms with van der Waals surface area (Å²) in [4.78, 5) is 28.7. The van der Waals surface area contributed by atoms with Crippen molar-refractivity contribution in [3.63, 3.8) is 0 Å². The summed E-state index contributed by atoms with van der Waals surface area (Å²) < 4.78 is 40.4. The molecule has 2 amide bonds. The number of likely N-dealkylation sites (tertiary alicyclic amines) is 1. The number of nitriles is 1. The van der Waals surface area contributed by atoms with Crippen molar-refractivity contribution in [1.82, 2.24) is 4.90 Å². The Hall–Kier alpha value is -3.54. The smallest absolute Gasteiger partial charge is 0.370 e. The average molecular weight is 499 g/mol. The Bertz CT molecular complexity index is 1180. The molecule has 2 heterocycles. The van der Waals surface area contributed by atoms with E-state index in [1.807, 2.05) is 36.1 Å². The van der Waals surface area contributed by atoms with Crippen molar-refractivity contribution in [3.8, 4) is 6.07 Å². The van der Waals surface area contributed by atoms with Gasteiger partial charge in [0.25, 0.3) is 0 Å². The third kappa shape index (κ3) is 5.48. The lowest BCUT2D eigenvalue weighted by Gasteiger charge is -2.36. The lowest BCUT2D eigenvalue weighted by Crippen LogP contribution is -2.43. The molecule has 2 fully saturated rings. The minimum absolute atomic E-state index is 0.0656. The van der Waals surface area contributed by atoms with Crippen LogP contribution in [0.3, 0.4) is 0 Å². The van der Waals surface area contributed by atoms with Crippen LogP contribution in [-0.4, -0.2) is 42.9 Å². The van der Waals surface area contributed by atoms with Gasteiger partial charge in [0.1, 0.15) is 0 Å². The fourth-order valence-corrected chi connectivity index (χ4v) is 5.56. The standard InChI is InChI=1S/C27H29F3N4O2/c1-17-3-2-4-18(11-17)12-25(35)33-9-7-19(8-10-33)22-15-34(16-23(22)26(32)36)21-6-5-20(14-31)24(13-21)27(28,29)30/h2-6,11,13,19,22-23H,7-10,12,15-16H2,1H3,(H2,32,36)/t22-,23+/m0/s1. The van der Waals surface area contributed by atoms with Crippen LogP contribution in [0.4, 0.5) is 18.9 Å². The molecule has 2 aromatic carbocycles. The molecular formula is C27H29F3N4O2. The second kappa shape index (κ2) is 10.2. The van der Waals surface area contributed by atoms with Gasteiger partial charge in [0.05, 0.1) is 29.5 Å². The van der Waals surface area contributed by atoms with Crippen molar-refractivity contribution < 1.29 is 22.8 Å². The topological polar surface area (TPSA) is 90.4 Å². The summed E-state index contributed by atoms with van der Waals surface area (Å²) in [6.07, 6.45) is -2.89. The molecule has 2 aromatic rings. The van der Waals surface area contributed by atoms with Gasteiger partial charge in [0.15, 0.2) is 0 Å². The van der Waals surface area contributed by atoms with Gasteiger partial charge in [-0.25, -0.2) is 0 Å². The number of alkyl halides is 3. The summed E-state index contributed by atoms with van der Waals surface area (Å²) in [6.45, 7) is 3.77. The summed E-state index contributed by atoms with van der Waals surface area (Å²) in [5.41, 5.74) is 6.68. The van der Waals surface area contributed by atoms with Crippen LogP contribution >= 0.6 is 0 Å². The van der Waals surface area contributed by atoms with E-state index in [9.17, 15) is 22.8 Å². The number of hydrogen-bond donors (Lipinski definition) is 1. The first-order valence-corrected chi connectivity index (χ1v) is 12.1. The maximum atomic E-state index is 13.5. The van der Waals surface area contributed by atoms with E-state index in [1.165, 1.54) is 12.1 Å². The zero-order valence-electron chi connectivity index (χ0n) is 20.1. The van der Waals surface area contributed by atoms with E-state index in [1.54, 1.807) is 11.0 Å². The van der Waals surface area contributed by atoms with Crippen molar-refractivity contribution in [2.75, 3.05) is 31.1 Å². The van der Waals surface area contributed by atoms with Crippen molar-refractivity contribution in [3.05, 3.63) is 64.7 Å². The zero-order valence-corrected chi connectivity index (χ0v) is 20.1. The van der Waals surface area contributed by atoms with Gasteiger partial charge in [-0.2, -0.15) is 18.4 Å². The first-order valence-electron chi connectivity index (χ1n) is 12.1. The lowest BCUT2D eigenvalue weighted by molar-refractivity contribution is -0.137. The molecule has 2 atom stereocenters. The van der Waals surface area contributed by atoms with Gasteiger partial charge in [-0.15, -0.1) is 0 Å². The zero-order chi connectivity index (χ0) is 26.0. The highest BCUT2D eigenvalue weighted by atomic mass is 19.4. The Morgan fingerprint density at radius 3 is 2.44 bits per heavy atom. The molecule has 2 aliphatic rings. The Morgan fingerprint density at radius 1 is 1.11 bits per heavy atom. The molecule has 190 valence electrons. The fourth-order valence-electron chi connectivity index (χ4n) is 5.56. The van der Waals surface area contributed by atoms with Crippen LogP contribution in [0.15, 0.2) is 42.5 Å². The van der Waals surface area contributed by atoms with Crippen molar-refractivity contribution >= 4 is 17.5 Å². The number of rotatable bonds is 5. The van der Waals surface area contributed by atoms with Crippen LogP contribution in [0.5, 0.6) is 0 Å². The molecule has 6 nitrogen and oxygen atoms in total. The molecule has 0 saturated carbocycles. The molecule has 2 N–H and O–H groups in total. The normalized spacial score (nSPS) is 20.9. The number of carbonyl (C=O) groups excluding carboxylic acids is 2. The first kappa shape index (κ1) is 25.5. The van der Waals surface area contributed by atoms with Gasteiger partial charge < -0.3 is 15.5 Å². The van der Waals surface area contributed by atoms with Crippen LogP contribution in [0.2, 0.25) is 0 Å². The first-order chi connectivity index (χ1) is 17.1. The number of aryl methyl sites for hydroxylation is 1. The Morgan fingerprint density at radius 2 is 1.83 bits per heavy atom. The van der Waals surface area contributed by atoms with Crippen molar-refractivity contribution in [1.29, 1.82) is 5.26 Å². The fraction of sp³-hybridized carbons (Fsp3) is 0.444. The number of halogens is 3. The summed E-state index contributed by atoms with van der Waals surface area (Å²) in [5, 5.41) is 9.07. The predicted molar refractivity (Wildman–Crippen MR) is 129 cm³/mol. The number of carbonyl (C=O) groups is 2. The van der Waals surface area contributed by atoms with E-state index < -0.39 is 29.1 Å². The molecule has 0 unspecified atom stereocenters. The van der Waals surface area contributed by atoms with Crippen LogP contribution in [-0.2, 0) is 22.2 Å². The quantitative estimate of drug-likeness (QED) is 0.677. The molecule has 0 aliphatic carbocycles. The number of benzene rings is 2. The summed E-state index contributed by atoms with van der Waals surface area (Å²) in [6, 6.07) is 13.1. The third-order valence-electron chi connectivity index (χ3n) is 7.46. The highest BCUT2D eigenvalue weighted by Crippen LogP contribution is 2.40. The SMILES string of the molecule is Cc1cccc(CC(=O)N2CCC([C@@H]3CN(c4ccc(C#N)c(C(F)(F)F)c4)C[C@H]3C(N)=O)CC2)c1. The van der Waals surface area contributed by atoms with E-state index in [0.29, 0.717) is 44.6 Å². The number of nitrogens with two attached hydrogens (primary N) is 1. The maximum Gasteiger partial charge on any atom is 0.417 e. The van der Waals surface area contributed by atoms with Gasteiger partial charge in [-0.05, 0) is 55.4 Å². The number of nitrogens with zero attached hydrogens (tertiary/aromatic N) is 3. The van der Waals surface area contributed by atoms with Gasteiger partial charge in [-0.3, -0.25) is 9.59 Å². The molecule has 0 aromatic heterocycles. The van der Waals surface area contributed by atoms with Crippen molar-refractivity contribution in [2.24, 2.45) is 23.5 Å². The van der Waals surface area contributed by atoms with E-state index in [0.717, 1.165) is 17.2 Å².